The second-order valence-electron chi connectivity index (χ2n) is 3.97. The van der Waals surface area contributed by atoms with Crippen LogP contribution in [0.15, 0.2) is 24.3 Å². The van der Waals surface area contributed by atoms with E-state index in [1.807, 2.05) is 6.92 Å². The van der Waals surface area contributed by atoms with Gasteiger partial charge in [0.05, 0.1) is 7.11 Å². The van der Waals surface area contributed by atoms with Gasteiger partial charge in [0.25, 0.3) is 0 Å². The van der Waals surface area contributed by atoms with E-state index in [1.165, 1.54) is 4.90 Å². The number of amides is 2. The van der Waals surface area contributed by atoms with E-state index in [0.29, 0.717) is 24.4 Å². The summed E-state index contributed by atoms with van der Waals surface area (Å²) in [7, 11) is 1.56. The normalized spacial score (nSPS) is 9.79. The molecule has 0 aliphatic rings. The number of methoxy groups -OCH3 is 1. The summed E-state index contributed by atoms with van der Waals surface area (Å²) in [6.45, 7) is 1.97. The van der Waals surface area contributed by atoms with Crippen molar-refractivity contribution in [2.24, 2.45) is 0 Å². The summed E-state index contributed by atoms with van der Waals surface area (Å²) in [5, 5.41) is 11.4. The lowest BCUT2D eigenvalue weighted by atomic mass is 10.3. The van der Waals surface area contributed by atoms with Crippen LogP contribution in [0.4, 0.5) is 10.5 Å². The molecule has 0 saturated carbocycles. The topological polar surface area (TPSA) is 78.9 Å². The summed E-state index contributed by atoms with van der Waals surface area (Å²) >= 11 is 0. The van der Waals surface area contributed by atoms with Crippen molar-refractivity contribution in [2.45, 2.75) is 13.3 Å². The van der Waals surface area contributed by atoms with Crippen LogP contribution >= 0.6 is 0 Å². The number of anilines is 1. The first-order chi connectivity index (χ1) is 9.06. The summed E-state index contributed by atoms with van der Waals surface area (Å²) < 4.78 is 5.01. The van der Waals surface area contributed by atoms with E-state index in [0.717, 1.165) is 0 Å². The van der Waals surface area contributed by atoms with Crippen LogP contribution in [0.25, 0.3) is 0 Å². The molecule has 1 aromatic carbocycles. The van der Waals surface area contributed by atoms with Gasteiger partial charge in [-0.2, -0.15) is 0 Å². The Kier molecular flexibility index (Phi) is 5.66. The number of hydrogen-bond donors (Lipinski definition) is 2. The van der Waals surface area contributed by atoms with Crippen molar-refractivity contribution < 1.29 is 19.4 Å². The molecule has 1 aromatic rings. The van der Waals surface area contributed by atoms with Crippen molar-refractivity contribution in [1.29, 1.82) is 0 Å². The Hall–Kier alpha value is -2.24. The fraction of sp³-hybridized carbons (Fsp3) is 0.385. The first kappa shape index (κ1) is 14.8. The van der Waals surface area contributed by atoms with E-state index >= 15 is 0 Å². The maximum atomic E-state index is 11.9. The summed E-state index contributed by atoms with van der Waals surface area (Å²) in [4.78, 5) is 23.9. The van der Waals surface area contributed by atoms with E-state index in [4.69, 9.17) is 9.84 Å². The SMILES string of the molecule is CCCN(CC(=O)O)C(=O)Nc1ccc(OC)cc1. The number of hydrogen-bond acceptors (Lipinski definition) is 3. The molecule has 104 valence electrons. The molecule has 0 atom stereocenters. The van der Waals surface area contributed by atoms with E-state index in [2.05, 4.69) is 5.32 Å². The van der Waals surface area contributed by atoms with Crippen LogP contribution in [0.2, 0.25) is 0 Å². The molecule has 0 spiro atoms. The van der Waals surface area contributed by atoms with Crippen molar-refractivity contribution in [3.05, 3.63) is 24.3 Å². The van der Waals surface area contributed by atoms with Crippen LogP contribution in [-0.4, -0.2) is 42.2 Å². The molecule has 6 nitrogen and oxygen atoms in total. The predicted molar refractivity (Wildman–Crippen MR) is 71.5 cm³/mol. The molecule has 6 heteroatoms. The molecule has 0 aromatic heterocycles. The van der Waals surface area contributed by atoms with Crippen LogP contribution < -0.4 is 10.1 Å². The smallest absolute Gasteiger partial charge is 0.323 e. The van der Waals surface area contributed by atoms with Crippen molar-refractivity contribution in [3.63, 3.8) is 0 Å². The maximum Gasteiger partial charge on any atom is 0.323 e. The first-order valence-electron chi connectivity index (χ1n) is 5.98. The van der Waals surface area contributed by atoms with Gasteiger partial charge in [-0.1, -0.05) is 6.92 Å². The Morgan fingerprint density at radius 3 is 2.42 bits per heavy atom. The fourth-order valence-electron chi connectivity index (χ4n) is 1.56. The number of ether oxygens (including phenoxy) is 1. The molecule has 19 heavy (non-hydrogen) atoms. The number of carboxylic acid groups (broad SMARTS) is 1. The molecule has 0 unspecified atom stereocenters. The van der Waals surface area contributed by atoms with Crippen LogP contribution in [0.1, 0.15) is 13.3 Å². The van der Waals surface area contributed by atoms with Gasteiger partial charge in [0.2, 0.25) is 0 Å². The predicted octanol–water partition coefficient (Wildman–Crippen LogP) is 2.02. The number of aliphatic carboxylic acids is 1. The lowest BCUT2D eigenvalue weighted by Crippen LogP contribution is -2.39. The number of benzene rings is 1. The first-order valence-corrected chi connectivity index (χ1v) is 5.98. The van der Waals surface area contributed by atoms with Gasteiger partial charge in [-0.3, -0.25) is 4.79 Å². The van der Waals surface area contributed by atoms with Crippen molar-refractivity contribution >= 4 is 17.7 Å². The van der Waals surface area contributed by atoms with Gasteiger partial charge in [0.15, 0.2) is 0 Å². The average Bonchev–Trinajstić information content (AvgIpc) is 2.38. The zero-order valence-corrected chi connectivity index (χ0v) is 11.0. The van der Waals surface area contributed by atoms with Crippen molar-refractivity contribution in [3.8, 4) is 5.75 Å². The minimum absolute atomic E-state index is 0.310. The van der Waals surface area contributed by atoms with E-state index < -0.39 is 12.0 Å². The zero-order valence-electron chi connectivity index (χ0n) is 11.0. The monoisotopic (exact) mass is 266 g/mol. The van der Waals surface area contributed by atoms with Crippen LogP contribution in [0, 0.1) is 0 Å². The maximum absolute atomic E-state index is 11.9. The van der Waals surface area contributed by atoms with Gasteiger partial charge in [-0.05, 0) is 30.7 Å². The number of nitrogens with one attached hydrogen (secondary N) is 1. The number of urea groups is 1. The second-order valence-corrected chi connectivity index (χ2v) is 3.97. The Bertz CT molecular complexity index is 431. The third-order valence-corrected chi connectivity index (χ3v) is 2.45. The highest BCUT2D eigenvalue weighted by Crippen LogP contribution is 2.15. The Morgan fingerprint density at radius 1 is 1.32 bits per heavy atom. The molecule has 0 fully saturated rings. The van der Waals surface area contributed by atoms with Crippen LogP contribution in [0.5, 0.6) is 5.75 Å². The summed E-state index contributed by atoms with van der Waals surface area (Å²) in [6.07, 6.45) is 0.698. The molecule has 0 bridgehead atoms. The van der Waals surface area contributed by atoms with Crippen molar-refractivity contribution in [1.82, 2.24) is 4.90 Å². The highest BCUT2D eigenvalue weighted by molar-refractivity contribution is 5.91. The highest BCUT2D eigenvalue weighted by atomic mass is 16.5. The largest absolute Gasteiger partial charge is 0.497 e. The molecule has 0 aliphatic heterocycles. The fourth-order valence-corrected chi connectivity index (χ4v) is 1.56. The van der Waals surface area contributed by atoms with Gasteiger partial charge in [0, 0.05) is 12.2 Å². The number of carbonyl (C=O) groups excluding carboxylic acids is 1. The van der Waals surface area contributed by atoms with E-state index in [9.17, 15) is 9.59 Å². The summed E-state index contributed by atoms with van der Waals surface area (Å²) in [5.74, 6) is -0.340. The number of nitrogens with zero attached hydrogens (tertiary/aromatic N) is 1. The van der Waals surface area contributed by atoms with E-state index in [1.54, 1.807) is 31.4 Å². The Labute approximate surface area is 112 Å². The lowest BCUT2D eigenvalue weighted by Gasteiger charge is -2.20. The summed E-state index contributed by atoms with van der Waals surface area (Å²) in [6, 6.07) is 6.41. The number of carbonyl (C=O) groups is 2. The zero-order chi connectivity index (χ0) is 14.3. The summed E-state index contributed by atoms with van der Waals surface area (Å²) in [5.41, 5.74) is 0.595. The third-order valence-electron chi connectivity index (χ3n) is 2.45. The number of rotatable bonds is 6. The quantitative estimate of drug-likeness (QED) is 0.825. The molecule has 0 aliphatic carbocycles. The van der Waals surface area contributed by atoms with Gasteiger partial charge in [-0.25, -0.2) is 4.79 Å². The lowest BCUT2D eigenvalue weighted by molar-refractivity contribution is -0.137. The molecule has 0 radical (unpaired) electrons. The molecule has 0 saturated heterocycles. The molecular weight excluding hydrogens is 248 g/mol. The van der Waals surface area contributed by atoms with E-state index in [-0.39, 0.29) is 6.54 Å². The number of carboxylic acids is 1. The molecule has 2 N–H and O–H groups in total. The minimum atomic E-state index is -1.03. The molecular formula is C13H18N2O4. The molecule has 0 heterocycles. The van der Waals surface area contributed by atoms with Gasteiger partial charge < -0.3 is 20.1 Å². The van der Waals surface area contributed by atoms with Gasteiger partial charge >= 0.3 is 12.0 Å². The minimum Gasteiger partial charge on any atom is -0.497 e. The average molecular weight is 266 g/mol. The van der Waals surface area contributed by atoms with Crippen molar-refractivity contribution in [2.75, 3.05) is 25.5 Å². The highest BCUT2D eigenvalue weighted by Gasteiger charge is 2.15. The Balaban J connectivity index is 2.66. The standard InChI is InChI=1S/C13H18N2O4/c1-3-8-15(9-12(16)17)13(18)14-10-4-6-11(19-2)7-5-10/h4-7H,3,8-9H2,1-2H3,(H,14,18)(H,16,17). The van der Waals surface area contributed by atoms with Crippen LogP contribution in [-0.2, 0) is 4.79 Å². The van der Waals surface area contributed by atoms with Crippen LogP contribution in [0.3, 0.4) is 0 Å². The third kappa shape index (κ3) is 4.87. The molecule has 2 amide bonds. The van der Waals surface area contributed by atoms with Gasteiger partial charge in [-0.15, -0.1) is 0 Å². The Morgan fingerprint density at radius 2 is 1.95 bits per heavy atom. The second kappa shape index (κ2) is 7.25. The van der Waals surface area contributed by atoms with Gasteiger partial charge in [0.1, 0.15) is 12.3 Å². The molecule has 1 rings (SSSR count).